The van der Waals surface area contributed by atoms with Gasteiger partial charge in [-0.1, -0.05) is 30.4 Å². The molecule has 0 radical (unpaired) electrons. The Morgan fingerprint density at radius 2 is 2.06 bits per heavy atom. The topological polar surface area (TPSA) is 149 Å². The van der Waals surface area contributed by atoms with Gasteiger partial charge in [-0.25, -0.2) is 19.6 Å². The van der Waals surface area contributed by atoms with E-state index in [1.165, 1.54) is 12.3 Å². The number of ether oxygens (including phenoxy) is 1. The molecule has 3 aromatic heterocycles. The molecule has 3 heterocycles. The van der Waals surface area contributed by atoms with Crippen LogP contribution in [0.25, 0.3) is 10.3 Å². The number of aryl methyl sites for hydroxylation is 2. The number of hydrogen-bond donors (Lipinski definition) is 2. The molecule has 0 aromatic carbocycles. The Labute approximate surface area is 205 Å². The summed E-state index contributed by atoms with van der Waals surface area (Å²) in [6, 6.07) is 1.49. The minimum absolute atomic E-state index is 0.0278. The van der Waals surface area contributed by atoms with E-state index in [0.717, 1.165) is 11.3 Å². The highest BCUT2D eigenvalue weighted by Crippen LogP contribution is 2.18. The molecule has 2 N–H and O–H groups in total. The van der Waals surface area contributed by atoms with Gasteiger partial charge in [0.1, 0.15) is 5.60 Å². The Balaban J connectivity index is 1.91. The average molecular weight is 502 g/mol. The molecule has 11 nitrogen and oxygen atoms in total. The second kappa shape index (κ2) is 10.6. The number of amides is 2. The summed E-state index contributed by atoms with van der Waals surface area (Å²) in [5, 5.41) is 11.9. The lowest BCUT2D eigenvalue weighted by Crippen LogP contribution is -2.32. The summed E-state index contributed by atoms with van der Waals surface area (Å²) in [4.78, 5) is 49.0. The second-order valence-electron chi connectivity index (χ2n) is 8.48. The van der Waals surface area contributed by atoms with E-state index >= 15 is 0 Å². The number of nitrogens with zero attached hydrogens (tertiary/aromatic N) is 4. The summed E-state index contributed by atoms with van der Waals surface area (Å²) < 4.78 is 12.9. The van der Waals surface area contributed by atoms with Crippen molar-refractivity contribution in [1.29, 1.82) is 0 Å². The van der Waals surface area contributed by atoms with E-state index in [1.807, 2.05) is 6.92 Å². The number of pyridine rings is 1. The Morgan fingerprint density at radius 3 is 2.71 bits per heavy atom. The van der Waals surface area contributed by atoms with E-state index in [9.17, 15) is 19.5 Å². The molecule has 0 spiro atoms. The van der Waals surface area contributed by atoms with E-state index < -0.39 is 23.6 Å². The van der Waals surface area contributed by atoms with Gasteiger partial charge in [0.05, 0.1) is 16.0 Å². The fraction of sp³-hybridized carbons (Fsp3) is 0.391. The molecule has 2 amide bonds. The van der Waals surface area contributed by atoms with Gasteiger partial charge in [0, 0.05) is 26.2 Å². The zero-order chi connectivity index (χ0) is 25.8. The minimum Gasteiger partial charge on any atom is -0.478 e. The highest BCUT2D eigenvalue weighted by molar-refractivity contribution is 7.16. The van der Waals surface area contributed by atoms with Crippen LogP contribution in [0.15, 0.2) is 33.8 Å². The molecule has 0 aliphatic rings. The fourth-order valence-corrected chi connectivity index (χ4v) is 4.09. The summed E-state index contributed by atoms with van der Waals surface area (Å²) in [5.41, 5.74) is 0.423. The fourth-order valence-electron chi connectivity index (χ4n) is 3.06. The molecule has 12 heteroatoms. The molecule has 0 atom stereocenters. The minimum atomic E-state index is -1.10. The van der Waals surface area contributed by atoms with Crippen LogP contribution in [-0.4, -0.2) is 49.8 Å². The van der Waals surface area contributed by atoms with Crippen LogP contribution in [0.3, 0.4) is 0 Å². The Hall–Kier alpha value is -3.80. The maximum Gasteiger partial charge on any atom is 0.407 e. The van der Waals surface area contributed by atoms with Crippen LogP contribution in [0.5, 0.6) is 0 Å². The largest absolute Gasteiger partial charge is 0.478 e. The Kier molecular flexibility index (Phi) is 7.85. The number of carbonyl (C=O) groups is 3. The molecule has 3 aromatic rings. The number of carboxylic acid groups (broad SMARTS) is 1. The standard InChI is InChI=1S/C23H27N5O6S/c1-6-15-17(33-13(2)26-15)19(29)27-21-28(10-8-7-9-24-22(32)34-23(3,4)5)18-16(35-21)11-14(12-25-18)20(30)31/h7-8,11-12H,6,9-10H2,1-5H3,(H,24,32)(H,30,31)/b8-7+,27-21-. The van der Waals surface area contributed by atoms with Crippen molar-refractivity contribution in [3.05, 3.63) is 52.1 Å². The molecule has 35 heavy (non-hydrogen) atoms. The van der Waals surface area contributed by atoms with Gasteiger partial charge in [-0.15, -0.1) is 0 Å². The number of carboxylic acids is 1. The van der Waals surface area contributed by atoms with Gasteiger partial charge < -0.3 is 19.6 Å². The third-order valence-corrected chi connectivity index (χ3v) is 5.53. The molecule has 0 aliphatic heterocycles. The van der Waals surface area contributed by atoms with Crippen molar-refractivity contribution in [2.75, 3.05) is 6.54 Å². The van der Waals surface area contributed by atoms with Crippen LogP contribution >= 0.6 is 11.3 Å². The second-order valence-corrected chi connectivity index (χ2v) is 9.49. The SMILES string of the molecule is CCc1nc(C)oc1C(=O)/N=c1\sc2cc(C(=O)O)cnc2n1C/C=C/CNC(=O)OC(C)(C)C. The molecule has 0 saturated heterocycles. The zero-order valence-corrected chi connectivity index (χ0v) is 20.9. The van der Waals surface area contributed by atoms with Gasteiger partial charge >= 0.3 is 18.0 Å². The molecule has 0 fully saturated rings. The number of aromatic nitrogens is 3. The normalized spacial score (nSPS) is 12.4. The van der Waals surface area contributed by atoms with Crippen LogP contribution in [0.4, 0.5) is 4.79 Å². The number of aromatic carboxylic acids is 1. The number of carbonyl (C=O) groups excluding carboxylic acids is 2. The summed E-state index contributed by atoms with van der Waals surface area (Å²) in [6.07, 6.45) is 4.73. The number of nitrogens with one attached hydrogen (secondary N) is 1. The van der Waals surface area contributed by atoms with Crippen molar-refractivity contribution in [3.8, 4) is 0 Å². The van der Waals surface area contributed by atoms with Gasteiger partial charge in [-0.2, -0.15) is 4.99 Å². The molecule has 0 aliphatic carbocycles. The van der Waals surface area contributed by atoms with E-state index in [-0.39, 0.29) is 24.4 Å². The summed E-state index contributed by atoms with van der Waals surface area (Å²) in [5.74, 6) is -1.24. The van der Waals surface area contributed by atoms with Crippen LogP contribution in [-0.2, 0) is 17.7 Å². The average Bonchev–Trinajstić information content (AvgIpc) is 3.31. The van der Waals surface area contributed by atoms with Crippen LogP contribution in [0.1, 0.15) is 60.2 Å². The van der Waals surface area contributed by atoms with Crippen molar-refractivity contribution >= 4 is 39.7 Å². The number of oxazole rings is 1. The van der Waals surface area contributed by atoms with Crippen LogP contribution < -0.4 is 10.1 Å². The van der Waals surface area contributed by atoms with Crippen molar-refractivity contribution in [2.24, 2.45) is 4.99 Å². The quantitative estimate of drug-likeness (QED) is 0.467. The van der Waals surface area contributed by atoms with Crippen molar-refractivity contribution < 1.29 is 28.6 Å². The third kappa shape index (κ3) is 6.63. The van der Waals surface area contributed by atoms with Crippen LogP contribution in [0.2, 0.25) is 0 Å². The summed E-state index contributed by atoms with van der Waals surface area (Å²) >= 11 is 1.14. The highest BCUT2D eigenvalue weighted by atomic mass is 32.1. The van der Waals surface area contributed by atoms with E-state index in [4.69, 9.17) is 9.15 Å². The smallest absolute Gasteiger partial charge is 0.407 e. The molecule has 0 bridgehead atoms. The maximum atomic E-state index is 12.9. The number of allylic oxidation sites excluding steroid dienone is 1. The molecule has 0 saturated carbocycles. The Bertz CT molecular complexity index is 1360. The van der Waals surface area contributed by atoms with Gasteiger partial charge in [0.25, 0.3) is 0 Å². The molecular formula is C23H27N5O6S. The molecule has 186 valence electrons. The van der Waals surface area contributed by atoms with Gasteiger partial charge in [-0.05, 0) is 33.3 Å². The zero-order valence-electron chi connectivity index (χ0n) is 20.1. The summed E-state index contributed by atoms with van der Waals surface area (Å²) in [6.45, 7) is 9.36. The number of hydrogen-bond acceptors (Lipinski definition) is 8. The van der Waals surface area contributed by atoms with Gasteiger partial charge in [-0.3, -0.25) is 9.36 Å². The van der Waals surface area contributed by atoms with Crippen LogP contribution in [0, 0.1) is 6.92 Å². The first kappa shape index (κ1) is 25.8. The predicted molar refractivity (Wildman–Crippen MR) is 128 cm³/mol. The lowest BCUT2D eigenvalue weighted by atomic mass is 10.2. The van der Waals surface area contributed by atoms with Crippen molar-refractivity contribution in [2.45, 2.75) is 53.2 Å². The number of rotatable bonds is 7. The predicted octanol–water partition coefficient (Wildman–Crippen LogP) is 3.48. The lowest BCUT2D eigenvalue weighted by molar-refractivity contribution is 0.0533. The molecule has 0 unspecified atom stereocenters. The first-order valence-corrected chi connectivity index (χ1v) is 11.7. The maximum absolute atomic E-state index is 12.9. The van der Waals surface area contributed by atoms with Gasteiger partial charge in [0.15, 0.2) is 16.3 Å². The first-order valence-electron chi connectivity index (χ1n) is 10.9. The van der Waals surface area contributed by atoms with Gasteiger partial charge in [0.2, 0.25) is 5.76 Å². The number of fused-ring (bicyclic) bond motifs is 1. The number of alkyl carbamates (subject to hydrolysis) is 1. The lowest BCUT2D eigenvalue weighted by Gasteiger charge is -2.19. The van der Waals surface area contributed by atoms with Crippen molar-refractivity contribution in [3.63, 3.8) is 0 Å². The summed E-state index contributed by atoms with van der Waals surface area (Å²) in [7, 11) is 0. The monoisotopic (exact) mass is 501 g/mol. The number of thiazole rings is 1. The highest BCUT2D eigenvalue weighted by Gasteiger charge is 2.19. The molecule has 3 rings (SSSR count). The first-order chi connectivity index (χ1) is 16.5. The van der Waals surface area contributed by atoms with Crippen molar-refractivity contribution in [1.82, 2.24) is 19.9 Å². The third-order valence-electron chi connectivity index (χ3n) is 4.52. The van der Waals surface area contributed by atoms with E-state index in [2.05, 4.69) is 20.3 Å². The molecular weight excluding hydrogens is 474 g/mol. The Morgan fingerprint density at radius 1 is 1.31 bits per heavy atom. The van der Waals surface area contributed by atoms with E-state index in [0.29, 0.717) is 33.2 Å². The van der Waals surface area contributed by atoms with E-state index in [1.54, 1.807) is 44.4 Å².